The first-order valence-electron chi connectivity index (χ1n) is 8.26. The number of carbonyl (C=O) groups is 1. The highest BCUT2D eigenvalue weighted by molar-refractivity contribution is 7.22. The van der Waals surface area contributed by atoms with Crippen molar-refractivity contribution < 1.29 is 15.0 Å². The van der Waals surface area contributed by atoms with Crippen molar-refractivity contribution in [3.63, 3.8) is 0 Å². The van der Waals surface area contributed by atoms with Crippen LogP contribution in [-0.4, -0.2) is 20.7 Å². The Bertz CT molecular complexity index is 1190. The van der Waals surface area contributed by atoms with Crippen LogP contribution in [0.15, 0.2) is 71.8 Å². The standard InChI is InChI=1S/C21H15NO4S/c23-17-12-22(11-16(20(17)24)21(25)26)10-14-6-1-3-7-15(14)19-9-13-5-2-4-8-18(13)27-19/h1-9,11-12,23H,10H2,(H,25,26). The lowest BCUT2D eigenvalue weighted by Gasteiger charge is -2.12. The van der Waals surface area contributed by atoms with Crippen molar-refractivity contribution in [3.05, 3.63) is 88.3 Å². The summed E-state index contributed by atoms with van der Waals surface area (Å²) >= 11 is 1.69. The van der Waals surface area contributed by atoms with Crippen molar-refractivity contribution in [2.75, 3.05) is 0 Å². The number of aromatic hydroxyl groups is 1. The van der Waals surface area contributed by atoms with E-state index in [4.69, 9.17) is 0 Å². The minimum atomic E-state index is -1.36. The topological polar surface area (TPSA) is 79.5 Å². The van der Waals surface area contributed by atoms with E-state index in [0.717, 1.165) is 16.0 Å². The second-order valence-corrected chi connectivity index (χ2v) is 7.25. The minimum Gasteiger partial charge on any atom is -0.503 e. The average molecular weight is 377 g/mol. The van der Waals surface area contributed by atoms with Crippen molar-refractivity contribution in [1.29, 1.82) is 0 Å². The highest BCUT2D eigenvalue weighted by Gasteiger charge is 2.14. The zero-order chi connectivity index (χ0) is 19.0. The molecule has 0 radical (unpaired) electrons. The van der Waals surface area contributed by atoms with Crippen LogP contribution < -0.4 is 5.43 Å². The number of nitrogens with zero attached hydrogens (tertiary/aromatic N) is 1. The molecule has 0 aliphatic carbocycles. The molecule has 5 nitrogen and oxygen atoms in total. The van der Waals surface area contributed by atoms with Crippen LogP contribution in [0.2, 0.25) is 0 Å². The molecule has 0 spiro atoms. The number of fused-ring (bicyclic) bond motifs is 1. The monoisotopic (exact) mass is 377 g/mol. The molecule has 0 aliphatic heterocycles. The third-order valence-electron chi connectivity index (χ3n) is 4.35. The van der Waals surface area contributed by atoms with Gasteiger partial charge in [-0.15, -0.1) is 11.3 Å². The predicted octanol–water partition coefficient (Wildman–Crippen LogP) is 4.18. The SMILES string of the molecule is O=C(O)c1cn(Cc2ccccc2-c2cc3ccccc3s2)cc(O)c1=O. The first-order valence-corrected chi connectivity index (χ1v) is 9.08. The van der Waals surface area contributed by atoms with E-state index >= 15 is 0 Å². The minimum absolute atomic E-state index is 0.332. The molecular weight excluding hydrogens is 362 g/mol. The van der Waals surface area contributed by atoms with Gasteiger partial charge in [-0.2, -0.15) is 0 Å². The van der Waals surface area contributed by atoms with Gasteiger partial charge in [-0.05, 0) is 28.6 Å². The second kappa shape index (κ2) is 6.74. The number of hydrogen-bond donors (Lipinski definition) is 2. The van der Waals surface area contributed by atoms with Gasteiger partial charge < -0.3 is 14.8 Å². The molecule has 4 aromatic rings. The van der Waals surface area contributed by atoms with Crippen LogP contribution in [0.4, 0.5) is 0 Å². The van der Waals surface area contributed by atoms with Crippen LogP contribution in [0.1, 0.15) is 15.9 Å². The Kier molecular flexibility index (Phi) is 4.25. The summed E-state index contributed by atoms with van der Waals surface area (Å²) in [6.07, 6.45) is 2.52. The van der Waals surface area contributed by atoms with Crippen LogP contribution in [0.5, 0.6) is 5.75 Å². The van der Waals surface area contributed by atoms with E-state index in [1.54, 1.807) is 11.3 Å². The molecule has 2 aromatic heterocycles. The van der Waals surface area contributed by atoms with Crippen LogP contribution in [0, 0.1) is 0 Å². The summed E-state index contributed by atoms with van der Waals surface area (Å²) in [5.74, 6) is -1.93. The van der Waals surface area contributed by atoms with Crippen LogP contribution in [-0.2, 0) is 6.54 Å². The Labute approximate surface area is 158 Å². The fourth-order valence-corrected chi connectivity index (χ4v) is 4.19. The number of thiophene rings is 1. The third kappa shape index (κ3) is 3.22. The number of rotatable bonds is 4. The molecular formula is C21H15NO4S. The van der Waals surface area contributed by atoms with E-state index < -0.39 is 22.7 Å². The summed E-state index contributed by atoms with van der Waals surface area (Å²) in [6, 6.07) is 18.1. The van der Waals surface area contributed by atoms with Crippen molar-refractivity contribution in [3.8, 4) is 16.2 Å². The lowest BCUT2D eigenvalue weighted by Crippen LogP contribution is -2.17. The highest BCUT2D eigenvalue weighted by atomic mass is 32.1. The Morgan fingerprint density at radius 1 is 1.04 bits per heavy atom. The molecule has 0 saturated carbocycles. The summed E-state index contributed by atoms with van der Waals surface area (Å²) in [6.45, 7) is 0.332. The molecule has 0 fully saturated rings. The normalized spacial score (nSPS) is 11.0. The summed E-state index contributed by atoms with van der Waals surface area (Å²) in [7, 11) is 0. The van der Waals surface area contributed by atoms with Crippen molar-refractivity contribution in [1.82, 2.24) is 4.57 Å². The number of aromatic carboxylic acids is 1. The van der Waals surface area contributed by atoms with E-state index in [0.29, 0.717) is 6.54 Å². The van der Waals surface area contributed by atoms with Gasteiger partial charge in [0, 0.05) is 22.3 Å². The Balaban J connectivity index is 1.78. The average Bonchev–Trinajstić information content (AvgIpc) is 3.08. The zero-order valence-electron chi connectivity index (χ0n) is 14.1. The summed E-state index contributed by atoms with van der Waals surface area (Å²) in [5.41, 5.74) is 0.670. The van der Waals surface area contributed by atoms with Crippen LogP contribution >= 0.6 is 11.3 Å². The lowest BCUT2D eigenvalue weighted by atomic mass is 10.1. The van der Waals surface area contributed by atoms with Crippen molar-refractivity contribution >= 4 is 27.4 Å². The maximum Gasteiger partial charge on any atom is 0.341 e. The number of benzene rings is 2. The van der Waals surface area contributed by atoms with E-state index in [-0.39, 0.29) is 0 Å². The number of hydrogen-bond acceptors (Lipinski definition) is 4. The summed E-state index contributed by atoms with van der Waals surface area (Å²) < 4.78 is 2.71. The molecule has 6 heteroatoms. The first-order chi connectivity index (χ1) is 13.0. The smallest absolute Gasteiger partial charge is 0.341 e. The van der Waals surface area contributed by atoms with Gasteiger partial charge in [-0.3, -0.25) is 4.79 Å². The van der Waals surface area contributed by atoms with Gasteiger partial charge in [0.1, 0.15) is 5.56 Å². The number of carboxylic acid groups (broad SMARTS) is 1. The van der Waals surface area contributed by atoms with Crippen LogP contribution in [0.25, 0.3) is 20.5 Å². The molecule has 2 heterocycles. The van der Waals surface area contributed by atoms with Gasteiger partial charge in [-0.1, -0.05) is 42.5 Å². The molecule has 0 saturated heterocycles. The van der Waals surface area contributed by atoms with Gasteiger partial charge in [0.25, 0.3) is 0 Å². The molecule has 0 atom stereocenters. The first kappa shape index (κ1) is 17.1. The molecule has 4 rings (SSSR count). The largest absolute Gasteiger partial charge is 0.503 e. The quantitative estimate of drug-likeness (QED) is 0.559. The summed E-state index contributed by atoms with van der Waals surface area (Å²) in [4.78, 5) is 24.1. The number of carboxylic acids is 1. The van der Waals surface area contributed by atoms with Gasteiger partial charge in [0.05, 0.1) is 6.20 Å². The third-order valence-corrected chi connectivity index (χ3v) is 5.50. The molecule has 2 N–H and O–H groups in total. The maximum absolute atomic E-state index is 11.8. The van der Waals surface area contributed by atoms with Gasteiger partial charge in [0.15, 0.2) is 5.75 Å². The van der Waals surface area contributed by atoms with E-state index in [1.165, 1.54) is 27.0 Å². The lowest BCUT2D eigenvalue weighted by molar-refractivity contribution is 0.0694. The fourth-order valence-electron chi connectivity index (χ4n) is 3.07. The zero-order valence-corrected chi connectivity index (χ0v) is 14.9. The molecule has 0 bridgehead atoms. The van der Waals surface area contributed by atoms with Crippen LogP contribution in [0.3, 0.4) is 0 Å². The van der Waals surface area contributed by atoms with E-state index in [2.05, 4.69) is 18.2 Å². The second-order valence-electron chi connectivity index (χ2n) is 6.17. The Morgan fingerprint density at radius 2 is 1.78 bits per heavy atom. The molecule has 0 amide bonds. The van der Waals surface area contributed by atoms with E-state index in [9.17, 15) is 19.8 Å². The van der Waals surface area contributed by atoms with E-state index in [1.807, 2.05) is 36.4 Å². The molecule has 0 unspecified atom stereocenters. The van der Waals surface area contributed by atoms with Gasteiger partial charge in [0.2, 0.25) is 5.43 Å². The van der Waals surface area contributed by atoms with Crippen molar-refractivity contribution in [2.45, 2.75) is 6.54 Å². The molecule has 27 heavy (non-hydrogen) atoms. The maximum atomic E-state index is 11.8. The fraction of sp³-hybridized carbons (Fsp3) is 0.0476. The number of aromatic nitrogens is 1. The molecule has 0 aliphatic rings. The Hall–Kier alpha value is -3.38. The predicted molar refractivity (Wildman–Crippen MR) is 106 cm³/mol. The molecule has 134 valence electrons. The molecule has 2 aromatic carbocycles. The number of pyridine rings is 1. The van der Waals surface area contributed by atoms with Gasteiger partial charge in [-0.25, -0.2) is 4.79 Å². The Morgan fingerprint density at radius 3 is 2.56 bits per heavy atom. The highest BCUT2D eigenvalue weighted by Crippen LogP contribution is 2.35. The van der Waals surface area contributed by atoms with Crippen molar-refractivity contribution in [2.24, 2.45) is 0 Å². The van der Waals surface area contributed by atoms with Gasteiger partial charge >= 0.3 is 5.97 Å². The summed E-state index contributed by atoms with van der Waals surface area (Å²) in [5, 5.41) is 20.1.